The number of hydrogen-bond acceptors (Lipinski definition) is 5. The van der Waals surface area contributed by atoms with Crippen molar-refractivity contribution in [2.45, 2.75) is 38.1 Å². The molecule has 28 heavy (non-hydrogen) atoms. The molecule has 1 aliphatic heterocycles. The molecule has 0 unspecified atom stereocenters. The Labute approximate surface area is 163 Å². The molecule has 3 atom stereocenters. The molecule has 5 rings (SSSR count). The first-order valence-electron chi connectivity index (χ1n) is 9.66. The van der Waals surface area contributed by atoms with Crippen LogP contribution in [-0.4, -0.2) is 20.5 Å². The van der Waals surface area contributed by atoms with E-state index in [0.29, 0.717) is 18.3 Å². The topological polar surface area (TPSA) is 73.0 Å². The van der Waals surface area contributed by atoms with E-state index in [2.05, 4.69) is 59.6 Å². The van der Waals surface area contributed by atoms with Crippen molar-refractivity contribution in [2.75, 3.05) is 5.32 Å². The third-order valence-electron chi connectivity index (χ3n) is 5.76. The van der Waals surface area contributed by atoms with Gasteiger partial charge in [-0.15, -0.1) is 0 Å². The number of carbonyl (C=O) groups excluding carboxylic acids is 1. The standard InChI is InChI=1S/C22H22N4O2/c1-13(2)14-5-7-15(8-6-14)16-10-17-20(18(27)11-16)21(19-4-3-9-28-19)26-22(25-17)23-12-24-26/h3-10,12-13,16,20-21H,11H2,1-2H3,(H,23,24,25)/t16-,20-,21-/m0/s1. The summed E-state index contributed by atoms with van der Waals surface area (Å²) in [5.74, 6) is 1.74. The van der Waals surface area contributed by atoms with E-state index >= 15 is 0 Å². The Hall–Kier alpha value is -3.15. The number of fused-ring (bicyclic) bond motifs is 2. The third-order valence-corrected chi connectivity index (χ3v) is 5.76. The number of nitrogens with one attached hydrogen (secondary N) is 1. The van der Waals surface area contributed by atoms with Crippen LogP contribution in [0.2, 0.25) is 0 Å². The summed E-state index contributed by atoms with van der Waals surface area (Å²) in [6.45, 7) is 4.37. The minimum Gasteiger partial charge on any atom is -0.467 e. The van der Waals surface area contributed by atoms with Gasteiger partial charge in [0.25, 0.3) is 0 Å². The van der Waals surface area contributed by atoms with Crippen LogP contribution < -0.4 is 5.32 Å². The Morgan fingerprint density at radius 2 is 2.04 bits per heavy atom. The van der Waals surface area contributed by atoms with E-state index in [1.807, 2.05) is 12.1 Å². The Balaban J connectivity index is 1.55. The zero-order valence-corrected chi connectivity index (χ0v) is 15.9. The van der Waals surface area contributed by atoms with Crippen LogP contribution in [0.15, 0.2) is 65.2 Å². The fourth-order valence-electron chi connectivity index (χ4n) is 4.26. The van der Waals surface area contributed by atoms with Crippen LogP contribution in [0.4, 0.5) is 5.95 Å². The molecule has 1 N–H and O–H groups in total. The van der Waals surface area contributed by atoms with Gasteiger partial charge in [-0.3, -0.25) is 4.79 Å². The molecule has 6 nitrogen and oxygen atoms in total. The molecule has 2 aliphatic rings. The van der Waals surface area contributed by atoms with Crippen LogP contribution in [0.25, 0.3) is 0 Å². The Kier molecular flexibility index (Phi) is 3.93. The summed E-state index contributed by atoms with van der Waals surface area (Å²) in [5.41, 5.74) is 3.35. The summed E-state index contributed by atoms with van der Waals surface area (Å²) in [5, 5.41) is 7.65. The average Bonchev–Trinajstić information content (AvgIpc) is 3.38. The Bertz CT molecular complexity index is 1030. The fourth-order valence-corrected chi connectivity index (χ4v) is 4.26. The molecule has 2 aromatic heterocycles. The first-order chi connectivity index (χ1) is 13.6. The van der Waals surface area contributed by atoms with E-state index < -0.39 is 0 Å². The first kappa shape index (κ1) is 17.0. The van der Waals surface area contributed by atoms with Gasteiger partial charge in [-0.1, -0.05) is 44.2 Å². The lowest BCUT2D eigenvalue weighted by atomic mass is 9.76. The van der Waals surface area contributed by atoms with Gasteiger partial charge < -0.3 is 9.73 Å². The summed E-state index contributed by atoms with van der Waals surface area (Å²) in [7, 11) is 0. The van der Waals surface area contributed by atoms with Gasteiger partial charge in [0.05, 0.1) is 12.2 Å². The van der Waals surface area contributed by atoms with Crippen LogP contribution in [0.1, 0.15) is 55.0 Å². The average molecular weight is 374 g/mol. The number of allylic oxidation sites excluding steroid dienone is 2. The van der Waals surface area contributed by atoms with Crippen molar-refractivity contribution >= 4 is 11.7 Å². The van der Waals surface area contributed by atoms with Crippen molar-refractivity contribution < 1.29 is 9.21 Å². The fraction of sp³-hybridized carbons (Fsp3) is 0.318. The van der Waals surface area contributed by atoms with Crippen molar-refractivity contribution in [2.24, 2.45) is 5.92 Å². The number of Topliss-reactive ketones (excluding diaryl/α,β-unsaturated/α-hetero) is 1. The second kappa shape index (κ2) is 6.48. The summed E-state index contributed by atoms with van der Waals surface area (Å²) in [6, 6.07) is 12.0. The van der Waals surface area contributed by atoms with E-state index in [0.717, 1.165) is 17.0 Å². The Morgan fingerprint density at radius 1 is 1.21 bits per heavy atom. The minimum atomic E-state index is -0.341. The van der Waals surface area contributed by atoms with Gasteiger partial charge in [0.2, 0.25) is 5.95 Å². The molecule has 3 aromatic rings. The molecule has 0 amide bonds. The lowest BCUT2D eigenvalue weighted by Gasteiger charge is -2.36. The van der Waals surface area contributed by atoms with E-state index in [-0.39, 0.29) is 23.7 Å². The summed E-state index contributed by atoms with van der Waals surface area (Å²) in [4.78, 5) is 17.5. The summed E-state index contributed by atoms with van der Waals surface area (Å²) >= 11 is 0. The van der Waals surface area contributed by atoms with Gasteiger partial charge in [-0.25, -0.2) is 4.68 Å². The van der Waals surface area contributed by atoms with Gasteiger partial charge in [0.15, 0.2) is 0 Å². The molecular formula is C22H22N4O2. The van der Waals surface area contributed by atoms with Crippen molar-refractivity contribution in [3.8, 4) is 0 Å². The highest BCUT2D eigenvalue weighted by atomic mass is 16.3. The number of carbonyl (C=O) groups is 1. The molecule has 0 spiro atoms. The molecule has 6 heteroatoms. The molecule has 0 radical (unpaired) electrons. The van der Waals surface area contributed by atoms with Crippen molar-refractivity contribution in [1.82, 2.24) is 14.8 Å². The maximum atomic E-state index is 13.2. The number of hydrogen-bond donors (Lipinski definition) is 1. The number of furan rings is 1. The van der Waals surface area contributed by atoms with Gasteiger partial charge in [0.1, 0.15) is 23.9 Å². The smallest absolute Gasteiger partial charge is 0.226 e. The van der Waals surface area contributed by atoms with Crippen LogP contribution in [0.3, 0.4) is 0 Å². The Morgan fingerprint density at radius 3 is 2.75 bits per heavy atom. The number of benzene rings is 1. The predicted molar refractivity (Wildman–Crippen MR) is 105 cm³/mol. The van der Waals surface area contributed by atoms with Crippen molar-refractivity contribution in [3.63, 3.8) is 0 Å². The maximum Gasteiger partial charge on any atom is 0.226 e. The normalized spacial score (nSPS) is 23.8. The van der Waals surface area contributed by atoms with Crippen molar-refractivity contribution in [3.05, 3.63) is 77.6 Å². The number of nitrogens with zero attached hydrogens (tertiary/aromatic N) is 3. The van der Waals surface area contributed by atoms with Crippen LogP contribution in [-0.2, 0) is 4.79 Å². The molecule has 0 saturated carbocycles. The third kappa shape index (κ3) is 2.68. The van der Waals surface area contributed by atoms with Gasteiger partial charge >= 0.3 is 0 Å². The largest absolute Gasteiger partial charge is 0.467 e. The molecule has 0 saturated heterocycles. The summed E-state index contributed by atoms with van der Waals surface area (Å²) < 4.78 is 7.39. The number of rotatable bonds is 3. The zero-order chi connectivity index (χ0) is 19.3. The minimum absolute atomic E-state index is 0.0548. The predicted octanol–water partition coefficient (Wildman–Crippen LogP) is 4.27. The summed E-state index contributed by atoms with van der Waals surface area (Å²) in [6.07, 6.45) is 5.77. The molecule has 0 bridgehead atoms. The van der Waals surface area contributed by atoms with E-state index in [1.54, 1.807) is 10.9 Å². The first-order valence-corrected chi connectivity index (χ1v) is 9.66. The van der Waals surface area contributed by atoms with Gasteiger partial charge in [-0.2, -0.15) is 10.1 Å². The lowest BCUT2D eigenvalue weighted by Crippen LogP contribution is -2.39. The van der Waals surface area contributed by atoms with E-state index in [4.69, 9.17) is 4.42 Å². The lowest BCUT2D eigenvalue weighted by molar-refractivity contribution is -0.123. The second-order valence-electron chi connectivity index (χ2n) is 7.81. The van der Waals surface area contributed by atoms with Crippen molar-refractivity contribution in [1.29, 1.82) is 0 Å². The monoisotopic (exact) mass is 374 g/mol. The van der Waals surface area contributed by atoms with Gasteiger partial charge in [-0.05, 0) is 29.2 Å². The molecule has 3 heterocycles. The molecular weight excluding hydrogens is 352 g/mol. The molecule has 1 aliphatic carbocycles. The van der Waals surface area contributed by atoms with Crippen LogP contribution in [0.5, 0.6) is 0 Å². The number of anilines is 1. The number of ketones is 1. The van der Waals surface area contributed by atoms with Crippen LogP contribution >= 0.6 is 0 Å². The second-order valence-corrected chi connectivity index (χ2v) is 7.81. The zero-order valence-electron chi connectivity index (χ0n) is 15.9. The molecule has 1 aromatic carbocycles. The number of aromatic nitrogens is 3. The highest BCUT2D eigenvalue weighted by molar-refractivity contribution is 5.88. The van der Waals surface area contributed by atoms with E-state index in [9.17, 15) is 4.79 Å². The van der Waals surface area contributed by atoms with E-state index in [1.165, 1.54) is 11.9 Å². The maximum absolute atomic E-state index is 13.2. The van der Waals surface area contributed by atoms with Crippen LogP contribution in [0, 0.1) is 5.92 Å². The highest BCUT2D eigenvalue weighted by Crippen LogP contribution is 2.44. The molecule has 142 valence electrons. The highest BCUT2D eigenvalue weighted by Gasteiger charge is 2.44. The van der Waals surface area contributed by atoms with Gasteiger partial charge in [0, 0.05) is 18.0 Å². The quantitative estimate of drug-likeness (QED) is 0.741. The SMILES string of the molecule is CC(C)c1ccc([C@H]2C=C3Nc4ncnn4[C@@H](c4ccco4)[C@@H]3C(=O)C2)cc1. The molecule has 0 fully saturated rings.